The molecule has 0 heterocycles. The van der Waals surface area contributed by atoms with Gasteiger partial charge < -0.3 is 14.7 Å². The van der Waals surface area contributed by atoms with Gasteiger partial charge in [0, 0.05) is 18.8 Å². The van der Waals surface area contributed by atoms with Gasteiger partial charge in [-0.3, -0.25) is 4.90 Å². The van der Waals surface area contributed by atoms with Crippen molar-refractivity contribution in [3.8, 4) is 0 Å². The standard InChI is InChI=1S/C19H30N2O4.ClH/c1-4-7-8-13-21(17-11-9-16(10-12-17)18(22)23)19(24)25-15-14-20(5-2)6-3;/h9-12H,4-8,13-15H2,1-3H3,(H,22,23);1H. The Labute approximate surface area is 162 Å². The molecule has 0 aliphatic carbocycles. The molecule has 148 valence electrons. The van der Waals surface area contributed by atoms with Crippen molar-refractivity contribution in [2.75, 3.05) is 37.7 Å². The predicted octanol–water partition coefficient (Wildman–Crippen LogP) is 4.28. The van der Waals surface area contributed by atoms with E-state index in [1.807, 2.05) is 0 Å². The van der Waals surface area contributed by atoms with Crippen LogP contribution in [0.2, 0.25) is 0 Å². The van der Waals surface area contributed by atoms with Crippen LogP contribution in [-0.4, -0.2) is 54.9 Å². The summed E-state index contributed by atoms with van der Waals surface area (Å²) in [4.78, 5) is 27.2. The monoisotopic (exact) mass is 386 g/mol. The number of unbranched alkanes of at least 4 members (excludes halogenated alkanes) is 2. The Morgan fingerprint density at radius 1 is 1.00 bits per heavy atom. The molecule has 0 unspecified atom stereocenters. The molecule has 0 aliphatic heterocycles. The maximum absolute atomic E-state index is 12.5. The number of carbonyl (C=O) groups is 2. The molecule has 0 fully saturated rings. The number of nitrogens with zero attached hydrogens (tertiary/aromatic N) is 2. The minimum Gasteiger partial charge on any atom is -0.478 e. The van der Waals surface area contributed by atoms with Crippen molar-refractivity contribution >= 4 is 30.2 Å². The number of anilines is 1. The van der Waals surface area contributed by atoms with Crippen LogP contribution in [0.3, 0.4) is 0 Å². The summed E-state index contributed by atoms with van der Waals surface area (Å²) in [7, 11) is 0. The second-order valence-corrected chi connectivity index (χ2v) is 5.85. The van der Waals surface area contributed by atoms with Gasteiger partial charge in [-0.05, 0) is 43.8 Å². The molecule has 1 rings (SSSR count). The number of aromatic carboxylic acids is 1. The number of amides is 1. The van der Waals surface area contributed by atoms with Crippen molar-refractivity contribution in [3.63, 3.8) is 0 Å². The molecular weight excluding hydrogens is 356 g/mol. The van der Waals surface area contributed by atoms with E-state index in [9.17, 15) is 9.59 Å². The topological polar surface area (TPSA) is 70.1 Å². The fourth-order valence-corrected chi connectivity index (χ4v) is 2.51. The summed E-state index contributed by atoms with van der Waals surface area (Å²) in [5, 5.41) is 9.00. The number of carboxylic acid groups (broad SMARTS) is 1. The van der Waals surface area contributed by atoms with Crippen molar-refractivity contribution in [3.05, 3.63) is 29.8 Å². The van der Waals surface area contributed by atoms with Gasteiger partial charge in [-0.1, -0.05) is 33.6 Å². The Morgan fingerprint density at radius 3 is 2.12 bits per heavy atom. The third-order valence-electron chi connectivity index (χ3n) is 4.16. The van der Waals surface area contributed by atoms with Crippen LogP contribution in [0.5, 0.6) is 0 Å². The highest BCUT2D eigenvalue weighted by molar-refractivity contribution is 5.90. The van der Waals surface area contributed by atoms with Gasteiger partial charge >= 0.3 is 12.1 Å². The van der Waals surface area contributed by atoms with Crippen molar-refractivity contribution in [1.29, 1.82) is 0 Å². The molecule has 0 saturated carbocycles. The Balaban J connectivity index is 0.00000625. The summed E-state index contributed by atoms with van der Waals surface area (Å²) in [6.07, 6.45) is 2.58. The molecule has 0 spiro atoms. The van der Waals surface area contributed by atoms with Gasteiger partial charge in [0.15, 0.2) is 0 Å². The zero-order chi connectivity index (χ0) is 18.7. The Morgan fingerprint density at radius 2 is 1.62 bits per heavy atom. The quantitative estimate of drug-likeness (QED) is 0.575. The molecule has 26 heavy (non-hydrogen) atoms. The van der Waals surface area contributed by atoms with Crippen molar-refractivity contribution < 1.29 is 19.4 Å². The summed E-state index contributed by atoms with van der Waals surface area (Å²) in [5.74, 6) is -0.981. The Hall–Kier alpha value is -1.79. The van der Waals surface area contributed by atoms with Crippen molar-refractivity contribution in [2.24, 2.45) is 0 Å². The predicted molar refractivity (Wildman–Crippen MR) is 107 cm³/mol. The summed E-state index contributed by atoms with van der Waals surface area (Å²) in [6.45, 7) is 9.71. The molecule has 1 aromatic carbocycles. The van der Waals surface area contributed by atoms with Crippen LogP contribution >= 0.6 is 12.4 Å². The minimum atomic E-state index is -0.981. The average molecular weight is 387 g/mol. The maximum Gasteiger partial charge on any atom is 0.414 e. The second-order valence-electron chi connectivity index (χ2n) is 5.85. The van der Waals surface area contributed by atoms with Gasteiger partial charge in [0.05, 0.1) is 5.56 Å². The van der Waals surface area contributed by atoms with E-state index in [0.29, 0.717) is 25.4 Å². The first-order chi connectivity index (χ1) is 12.0. The van der Waals surface area contributed by atoms with E-state index in [4.69, 9.17) is 9.84 Å². The third-order valence-corrected chi connectivity index (χ3v) is 4.16. The van der Waals surface area contributed by atoms with Gasteiger partial charge in [0.2, 0.25) is 0 Å². The van der Waals surface area contributed by atoms with Crippen LogP contribution in [0.1, 0.15) is 50.4 Å². The first-order valence-corrected chi connectivity index (χ1v) is 9.03. The normalized spacial score (nSPS) is 10.3. The number of hydrogen-bond donors (Lipinski definition) is 1. The molecule has 0 radical (unpaired) electrons. The van der Waals surface area contributed by atoms with Crippen molar-refractivity contribution in [2.45, 2.75) is 40.0 Å². The zero-order valence-corrected chi connectivity index (χ0v) is 16.8. The van der Waals surface area contributed by atoms with Gasteiger partial charge in [0.25, 0.3) is 0 Å². The van der Waals surface area contributed by atoms with Gasteiger partial charge in [0.1, 0.15) is 6.61 Å². The lowest BCUT2D eigenvalue weighted by Crippen LogP contribution is -2.35. The van der Waals surface area contributed by atoms with E-state index in [-0.39, 0.29) is 24.1 Å². The summed E-state index contributed by atoms with van der Waals surface area (Å²) >= 11 is 0. The number of benzene rings is 1. The van der Waals surface area contributed by atoms with Gasteiger partial charge in [-0.15, -0.1) is 12.4 Å². The number of carboxylic acids is 1. The third kappa shape index (κ3) is 8.06. The molecule has 0 aliphatic rings. The number of likely N-dealkylation sites (N-methyl/N-ethyl adjacent to an activating group) is 1. The smallest absolute Gasteiger partial charge is 0.414 e. The van der Waals surface area contributed by atoms with Crippen LogP contribution in [0.15, 0.2) is 24.3 Å². The second kappa shape index (κ2) is 13.4. The SMILES string of the molecule is CCCCCN(C(=O)OCCN(CC)CC)c1ccc(C(=O)O)cc1.Cl. The van der Waals surface area contributed by atoms with Crippen LogP contribution < -0.4 is 4.90 Å². The highest BCUT2D eigenvalue weighted by Gasteiger charge is 2.17. The van der Waals surface area contributed by atoms with E-state index in [1.54, 1.807) is 17.0 Å². The zero-order valence-electron chi connectivity index (χ0n) is 15.9. The van der Waals surface area contributed by atoms with Gasteiger partial charge in [-0.25, -0.2) is 9.59 Å². The molecule has 0 bridgehead atoms. The number of halogens is 1. The van der Waals surface area contributed by atoms with E-state index in [1.165, 1.54) is 12.1 Å². The van der Waals surface area contributed by atoms with E-state index < -0.39 is 5.97 Å². The molecule has 0 saturated heterocycles. The Kier molecular flexibility index (Phi) is 12.5. The molecule has 0 aromatic heterocycles. The first kappa shape index (κ1) is 24.2. The molecule has 7 heteroatoms. The highest BCUT2D eigenvalue weighted by atomic mass is 35.5. The van der Waals surface area contributed by atoms with Crippen molar-refractivity contribution in [1.82, 2.24) is 4.90 Å². The molecule has 1 N–H and O–H groups in total. The molecule has 6 nitrogen and oxygen atoms in total. The van der Waals surface area contributed by atoms with Gasteiger partial charge in [-0.2, -0.15) is 0 Å². The van der Waals surface area contributed by atoms with Crippen LogP contribution in [0.25, 0.3) is 0 Å². The molecular formula is C19H31ClN2O4. The largest absolute Gasteiger partial charge is 0.478 e. The van der Waals surface area contributed by atoms with Crippen LogP contribution in [0.4, 0.5) is 10.5 Å². The Bertz CT molecular complexity index is 533. The molecule has 1 aromatic rings. The van der Waals surface area contributed by atoms with Crippen LogP contribution in [0, 0.1) is 0 Å². The fraction of sp³-hybridized carbons (Fsp3) is 0.579. The lowest BCUT2D eigenvalue weighted by molar-refractivity contribution is 0.0697. The first-order valence-electron chi connectivity index (χ1n) is 9.03. The molecule has 1 amide bonds. The van der Waals surface area contributed by atoms with Crippen LogP contribution in [-0.2, 0) is 4.74 Å². The van der Waals surface area contributed by atoms with E-state index in [2.05, 4.69) is 25.7 Å². The summed E-state index contributed by atoms with van der Waals surface area (Å²) < 4.78 is 5.43. The van der Waals surface area contributed by atoms with E-state index in [0.717, 1.165) is 32.4 Å². The lowest BCUT2D eigenvalue weighted by atomic mass is 10.2. The summed E-state index contributed by atoms with van der Waals surface area (Å²) in [5.41, 5.74) is 0.862. The molecule has 0 atom stereocenters. The maximum atomic E-state index is 12.5. The lowest BCUT2D eigenvalue weighted by Gasteiger charge is -2.24. The number of ether oxygens (including phenoxy) is 1. The minimum absolute atomic E-state index is 0. The van der Waals surface area contributed by atoms with E-state index >= 15 is 0 Å². The summed E-state index contributed by atoms with van der Waals surface area (Å²) in [6, 6.07) is 6.32. The number of carbonyl (C=O) groups excluding carboxylic acids is 1. The number of rotatable bonds is 11. The fourth-order valence-electron chi connectivity index (χ4n) is 2.51. The average Bonchev–Trinajstić information content (AvgIpc) is 2.62. The number of hydrogen-bond acceptors (Lipinski definition) is 4. The highest BCUT2D eigenvalue weighted by Crippen LogP contribution is 2.18.